The number of rotatable bonds is 4. The van der Waals surface area contributed by atoms with E-state index in [2.05, 4.69) is 23.8 Å². The van der Waals surface area contributed by atoms with E-state index in [1.54, 1.807) is 16.0 Å². The molecule has 1 unspecified atom stereocenters. The maximum atomic E-state index is 13.1. The number of aryl methyl sites for hydroxylation is 2. The van der Waals surface area contributed by atoms with Crippen molar-refractivity contribution in [2.45, 2.75) is 59.4 Å². The van der Waals surface area contributed by atoms with Crippen LogP contribution >= 0.6 is 0 Å². The molecule has 0 N–H and O–H groups in total. The van der Waals surface area contributed by atoms with Crippen LogP contribution in [0.5, 0.6) is 0 Å². The van der Waals surface area contributed by atoms with E-state index in [0.717, 1.165) is 35.6 Å². The fourth-order valence-corrected chi connectivity index (χ4v) is 4.23. The first kappa shape index (κ1) is 20.4. The van der Waals surface area contributed by atoms with E-state index in [1.807, 2.05) is 13.8 Å². The van der Waals surface area contributed by atoms with Crippen LogP contribution < -0.4 is 4.90 Å². The Hall–Kier alpha value is -2.90. The van der Waals surface area contributed by atoms with Gasteiger partial charge in [-0.2, -0.15) is 0 Å². The molecule has 0 radical (unpaired) electrons. The minimum atomic E-state index is -0.220. The molecule has 2 amide bonds. The van der Waals surface area contributed by atoms with Crippen LogP contribution in [0, 0.1) is 19.8 Å². The van der Waals surface area contributed by atoms with Gasteiger partial charge in [-0.3, -0.25) is 19.5 Å². The summed E-state index contributed by atoms with van der Waals surface area (Å²) in [4.78, 5) is 47.3. The average Bonchev–Trinajstić information content (AvgIpc) is 3.20. The maximum Gasteiger partial charge on any atom is 0.274 e. The number of carbonyl (C=O) groups is 2. The van der Waals surface area contributed by atoms with Crippen LogP contribution in [-0.2, 0) is 11.2 Å². The van der Waals surface area contributed by atoms with Crippen LogP contribution in [0.3, 0.4) is 0 Å². The molecule has 8 heteroatoms. The molecule has 4 heterocycles. The highest BCUT2D eigenvalue weighted by atomic mass is 16.2. The molecule has 2 aromatic rings. The summed E-state index contributed by atoms with van der Waals surface area (Å²) in [6.45, 7) is 9.27. The predicted molar refractivity (Wildman–Crippen MR) is 112 cm³/mol. The van der Waals surface area contributed by atoms with E-state index in [9.17, 15) is 9.59 Å². The van der Waals surface area contributed by atoms with Crippen molar-refractivity contribution in [3.05, 3.63) is 40.9 Å². The number of amides is 2. The standard InChI is InChI=1S/C22H28N6O2/c1-13(2)12-28-19(29)8-7-16-15(4)25-20(26-21(16)28)18-6-5-9-27(18)22(30)17-11-23-14(3)10-24-17/h10-11,13,18H,5-9,12H2,1-4H3. The van der Waals surface area contributed by atoms with Crippen LogP contribution in [0.1, 0.15) is 72.4 Å². The first-order valence-corrected chi connectivity index (χ1v) is 10.6. The molecule has 30 heavy (non-hydrogen) atoms. The third kappa shape index (κ3) is 3.78. The van der Waals surface area contributed by atoms with E-state index in [0.29, 0.717) is 43.4 Å². The molecule has 2 aromatic heterocycles. The summed E-state index contributed by atoms with van der Waals surface area (Å²) in [7, 11) is 0. The maximum absolute atomic E-state index is 13.1. The largest absolute Gasteiger partial charge is 0.327 e. The third-order valence-corrected chi connectivity index (χ3v) is 5.71. The number of nitrogens with zero attached hydrogens (tertiary/aromatic N) is 6. The van der Waals surface area contributed by atoms with Crippen molar-refractivity contribution in [2.24, 2.45) is 5.92 Å². The van der Waals surface area contributed by atoms with Crippen molar-refractivity contribution in [1.82, 2.24) is 24.8 Å². The van der Waals surface area contributed by atoms with Gasteiger partial charge in [0.05, 0.1) is 17.9 Å². The number of hydrogen-bond acceptors (Lipinski definition) is 6. The minimum Gasteiger partial charge on any atom is -0.327 e. The smallest absolute Gasteiger partial charge is 0.274 e. The number of carbonyl (C=O) groups excluding carboxylic acids is 2. The van der Waals surface area contributed by atoms with E-state index < -0.39 is 0 Å². The molecule has 2 aliphatic rings. The Kier molecular flexibility index (Phi) is 5.49. The van der Waals surface area contributed by atoms with Crippen molar-refractivity contribution in [2.75, 3.05) is 18.0 Å². The van der Waals surface area contributed by atoms with Crippen LogP contribution in [0.2, 0.25) is 0 Å². The molecular formula is C22H28N6O2. The van der Waals surface area contributed by atoms with Crippen LogP contribution in [0.4, 0.5) is 5.82 Å². The quantitative estimate of drug-likeness (QED) is 0.772. The lowest BCUT2D eigenvalue weighted by molar-refractivity contribution is -0.119. The number of fused-ring (bicyclic) bond motifs is 1. The van der Waals surface area contributed by atoms with Crippen LogP contribution in [-0.4, -0.2) is 49.7 Å². The molecule has 0 spiro atoms. The molecule has 0 saturated carbocycles. The van der Waals surface area contributed by atoms with E-state index in [1.165, 1.54) is 6.20 Å². The Morgan fingerprint density at radius 2 is 1.97 bits per heavy atom. The second-order valence-electron chi connectivity index (χ2n) is 8.57. The molecule has 158 valence electrons. The topological polar surface area (TPSA) is 92.2 Å². The van der Waals surface area contributed by atoms with E-state index in [-0.39, 0.29) is 17.9 Å². The first-order chi connectivity index (χ1) is 14.3. The Morgan fingerprint density at radius 1 is 1.17 bits per heavy atom. The van der Waals surface area contributed by atoms with Gasteiger partial charge in [0.25, 0.3) is 5.91 Å². The highest BCUT2D eigenvalue weighted by Crippen LogP contribution is 2.35. The molecule has 0 aliphatic carbocycles. The fourth-order valence-electron chi connectivity index (χ4n) is 4.23. The zero-order chi connectivity index (χ0) is 21.4. The molecule has 1 saturated heterocycles. The summed E-state index contributed by atoms with van der Waals surface area (Å²) in [5.74, 6) is 1.62. The summed E-state index contributed by atoms with van der Waals surface area (Å²) in [5, 5.41) is 0. The lowest BCUT2D eigenvalue weighted by atomic mass is 10.0. The van der Waals surface area contributed by atoms with E-state index in [4.69, 9.17) is 9.97 Å². The van der Waals surface area contributed by atoms with Gasteiger partial charge in [-0.1, -0.05) is 13.8 Å². The van der Waals surface area contributed by atoms with Crippen molar-refractivity contribution in [1.29, 1.82) is 0 Å². The Bertz CT molecular complexity index is 972. The zero-order valence-corrected chi connectivity index (χ0v) is 18.1. The molecule has 2 aliphatic heterocycles. The highest BCUT2D eigenvalue weighted by molar-refractivity contribution is 5.95. The lowest BCUT2D eigenvalue weighted by Gasteiger charge is -2.32. The second kappa shape index (κ2) is 8.08. The lowest BCUT2D eigenvalue weighted by Crippen LogP contribution is -2.40. The third-order valence-electron chi connectivity index (χ3n) is 5.71. The van der Waals surface area contributed by atoms with Gasteiger partial charge in [0.2, 0.25) is 5.91 Å². The van der Waals surface area contributed by atoms with Gasteiger partial charge in [-0.05, 0) is 39.0 Å². The number of aromatic nitrogens is 4. The average molecular weight is 409 g/mol. The van der Waals surface area contributed by atoms with Gasteiger partial charge >= 0.3 is 0 Å². The van der Waals surface area contributed by atoms with Crippen LogP contribution in [0.25, 0.3) is 0 Å². The number of hydrogen-bond donors (Lipinski definition) is 0. The van der Waals surface area contributed by atoms with Gasteiger partial charge < -0.3 is 4.90 Å². The molecule has 0 aromatic carbocycles. The number of likely N-dealkylation sites (tertiary alicyclic amines) is 1. The Labute approximate surface area is 176 Å². The zero-order valence-electron chi connectivity index (χ0n) is 18.1. The molecule has 8 nitrogen and oxygen atoms in total. The van der Waals surface area contributed by atoms with Crippen molar-refractivity contribution >= 4 is 17.6 Å². The molecule has 4 rings (SSSR count). The van der Waals surface area contributed by atoms with Gasteiger partial charge in [0.1, 0.15) is 11.5 Å². The predicted octanol–water partition coefficient (Wildman–Crippen LogP) is 2.80. The molecule has 0 bridgehead atoms. The Balaban J connectivity index is 1.69. The highest BCUT2D eigenvalue weighted by Gasteiger charge is 2.36. The summed E-state index contributed by atoms with van der Waals surface area (Å²) in [6.07, 6.45) is 5.96. The van der Waals surface area contributed by atoms with Gasteiger partial charge in [-0.25, -0.2) is 15.0 Å². The van der Waals surface area contributed by atoms with Crippen molar-refractivity contribution in [3.63, 3.8) is 0 Å². The van der Waals surface area contributed by atoms with Gasteiger partial charge in [-0.15, -0.1) is 0 Å². The SMILES string of the molecule is Cc1cnc(C(=O)N2CCCC2c2nc(C)c3c(n2)N(CC(C)C)C(=O)CC3)cn1. The summed E-state index contributed by atoms with van der Waals surface area (Å²) in [6, 6.07) is -0.220. The van der Waals surface area contributed by atoms with Crippen LogP contribution in [0.15, 0.2) is 12.4 Å². The summed E-state index contributed by atoms with van der Waals surface area (Å²) < 4.78 is 0. The number of anilines is 1. The normalized spacial score (nSPS) is 18.8. The van der Waals surface area contributed by atoms with Crippen molar-refractivity contribution < 1.29 is 9.59 Å². The van der Waals surface area contributed by atoms with Crippen molar-refractivity contribution in [3.8, 4) is 0 Å². The monoisotopic (exact) mass is 408 g/mol. The molecule has 1 atom stereocenters. The molecular weight excluding hydrogens is 380 g/mol. The Morgan fingerprint density at radius 3 is 2.67 bits per heavy atom. The van der Waals surface area contributed by atoms with Gasteiger partial charge in [0, 0.05) is 37.0 Å². The van der Waals surface area contributed by atoms with Gasteiger partial charge in [0.15, 0.2) is 5.82 Å². The summed E-state index contributed by atoms with van der Waals surface area (Å²) in [5.41, 5.74) is 3.04. The first-order valence-electron chi connectivity index (χ1n) is 10.6. The fraction of sp³-hybridized carbons (Fsp3) is 0.545. The second-order valence-corrected chi connectivity index (χ2v) is 8.57. The van der Waals surface area contributed by atoms with E-state index >= 15 is 0 Å². The summed E-state index contributed by atoms with van der Waals surface area (Å²) >= 11 is 0. The molecule has 1 fully saturated rings. The minimum absolute atomic E-state index is 0.106.